The summed E-state index contributed by atoms with van der Waals surface area (Å²) in [5.74, 6) is -0.0686. The topological polar surface area (TPSA) is 98.7 Å². The van der Waals surface area contributed by atoms with Crippen LogP contribution in [0.15, 0.2) is 0 Å². The molecule has 3 fully saturated rings. The highest BCUT2D eigenvalue weighted by molar-refractivity contribution is 8.00. The van der Waals surface area contributed by atoms with Crippen molar-refractivity contribution in [2.24, 2.45) is 5.92 Å². The van der Waals surface area contributed by atoms with Gasteiger partial charge in [-0.3, -0.25) is 9.69 Å². The van der Waals surface area contributed by atoms with Crippen molar-refractivity contribution in [1.82, 2.24) is 15.5 Å². The van der Waals surface area contributed by atoms with E-state index >= 15 is 0 Å². The first-order chi connectivity index (χ1) is 10.1. The average molecular weight is 313 g/mol. The van der Waals surface area contributed by atoms with E-state index in [-0.39, 0.29) is 23.4 Å². The Hall–Kier alpha value is -1.44. The summed E-state index contributed by atoms with van der Waals surface area (Å²) in [6.07, 6.45) is 3.32. The van der Waals surface area contributed by atoms with E-state index in [1.54, 1.807) is 11.8 Å². The van der Waals surface area contributed by atoms with Crippen LogP contribution in [0.1, 0.15) is 25.7 Å². The molecule has 0 bridgehead atoms. The van der Waals surface area contributed by atoms with Crippen molar-refractivity contribution < 1.29 is 19.5 Å². The normalized spacial score (nSPS) is 32.1. The minimum atomic E-state index is -0.949. The number of carbonyl (C=O) groups is 3. The molecular weight excluding hydrogens is 294 g/mol. The number of hydrogen-bond acceptors (Lipinski definition) is 4. The highest BCUT2D eigenvalue weighted by Gasteiger charge is 2.48. The van der Waals surface area contributed by atoms with Crippen molar-refractivity contribution in [3.8, 4) is 0 Å². The largest absolute Gasteiger partial charge is 0.480 e. The van der Waals surface area contributed by atoms with Gasteiger partial charge in [-0.15, -0.1) is 11.8 Å². The number of nitrogens with one attached hydrogen (secondary N) is 2. The Bertz CT molecular complexity index is 468. The number of amides is 3. The molecule has 3 rings (SSSR count). The van der Waals surface area contributed by atoms with E-state index < -0.39 is 12.0 Å². The van der Waals surface area contributed by atoms with Crippen molar-refractivity contribution in [1.29, 1.82) is 0 Å². The number of carboxylic acids is 1. The van der Waals surface area contributed by atoms with Gasteiger partial charge in [0.2, 0.25) is 5.91 Å². The Morgan fingerprint density at radius 3 is 2.71 bits per heavy atom. The van der Waals surface area contributed by atoms with Gasteiger partial charge in [-0.2, -0.15) is 0 Å². The van der Waals surface area contributed by atoms with Gasteiger partial charge in [-0.05, 0) is 25.2 Å². The zero-order chi connectivity index (χ0) is 15.0. The Labute approximate surface area is 126 Å². The van der Waals surface area contributed by atoms with E-state index in [0.717, 1.165) is 12.8 Å². The third-order valence-corrected chi connectivity index (χ3v) is 5.63. The average Bonchev–Trinajstić information content (AvgIpc) is 3.04. The molecule has 3 amide bonds. The van der Waals surface area contributed by atoms with Gasteiger partial charge in [-0.1, -0.05) is 0 Å². The Kier molecular flexibility index (Phi) is 3.97. The predicted molar refractivity (Wildman–Crippen MR) is 76.8 cm³/mol. The molecule has 0 radical (unpaired) electrons. The van der Waals surface area contributed by atoms with Crippen LogP contribution in [-0.2, 0) is 9.59 Å². The fraction of sp³-hybridized carbons (Fsp3) is 0.769. The maximum atomic E-state index is 12.4. The van der Waals surface area contributed by atoms with Crippen LogP contribution in [0, 0.1) is 5.92 Å². The van der Waals surface area contributed by atoms with E-state index in [4.69, 9.17) is 0 Å². The fourth-order valence-corrected chi connectivity index (χ4v) is 4.48. The van der Waals surface area contributed by atoms with Crippen molar-refractivity contribution in [3.63, 3.8) is 0 Å². The van der Waals surface area contributed by atoms with Crippen LogP contribution in [0.3, 0.4) is 0 Å². The van der Waals surface area contributed by atoms with Gasteiger partial charge in [0.1, 0.15) is 6.04 Å². The predicted octanol–water partition coefficient (Wildman–Crippen LogP) is 0.213. The maximum Gasteiger partial charge on any atom is 0.327 e. The lowest BCUT2D eigenvalue weighted by Crippen LogP contribution is -2.52. The summed E-state index contributed by atoms with van der Waals surface area (Å²) >= 11 is 1.56. The molecule has 0 aromatic carbocycles. The van der Waals surface area contributed by atoms with Gasteiger partial charge in [0.05, 0.1) is 5.37 Å². The molecule has 3 atom stereocenters. The number of rotatable bonds is 4. The minimum Gasteiger partial charge on any atom is -0.480 e. The summed E-state index contributed by atoms with van der Waals surface area (Å²) in [4.78, 5) is 36.3. The Morgan fingerprint density at radius 1 is 1.38 bits per heavy atom. The number of thioether (sulfide) groups is 1. The summed E-state index contributed by atoms with van der Waals surface area (Å²) in [6.45, 7) is 0.357. The lowest BCUT2D eigenvalue weighted by atomic mass is 10.2. The van der Waals surface area contributed by atoms with Gasteiger partial charge in [-0.25, -0.2) is 9.59 Å². The van der Waals surface area contributed by atoms with E-state index in [0.29, 0.717) is 31.1 Å². The van der Waals surface area contributed by atoms with Crippen LogP contribution in [-0.4, -0.2) is 57.7 Å². The zero-order valence-electron chi connectivity index (χ0n) is 11.6. The molecule has 2 aliphatic heterocycles. The number of urea groups is 1. The summed E-state index contributed by atoms with van der Waals surface area (Å²) in [6, 6.07) is -1.12. The highest BCUT2D eigenvalue weighted by Crippen LogP contribution is 2.45. The second-order valence-electron chi connectivity index (χ2n) is 5.81. The highest BCUT2D eigenvalue weighted by atomic mass is 32.2. The van der Waals surface area contributed by atoms with Crippen molar-refractivity contribution >= 4 is 29.7 Å². The summed E-state index contributed by atoms with van der Waals surface area (Å²) < 4.78 is 0. The molecule has 21 heavy (non-hydrogen) atoms. The zero-order valence-corrected chi connectivity index (χ0v) is 12.4. The number of carbonyl (C=O) groups excluding carboxylic acids is 2. The van der Waals surface area contributed by atoms with E-state index in [1.165, 1.54) is 4.90 Å². The molecule has 0 spiro atoms. The molecule has 3 N–H and O–H groups in total. The molecule has 0 aromatic heterocycles. The molecule has 0 aromatic rings. The SMILES string of the molecule is O=C1CCC(CNC(=O)N2C(C(=O)O)CSC2C2CC2)N1. The van der Waals surface area contributed by atoms with Gasteiger partial charge < -0.3 is 15.7 Å². The first kappa shape index (κ1) is 14.5. The van der Waals surface area contributed by atoms with E-state index in [1.807, 2.05) is 0 Å². The Balaban J connectivity index is 1.59. The molecule has 1 saturated carbocycles. The van der Waals surface area contributed by atoms with Gasteiger partial charge in [0, 0.05) is 24.8 Å². The van der Waals surface area contributed by atoms with Crippen LogP contribution in [0.25, 0.3) is 0 Å². The lowest BCUT2D eigenvalue weighted by molar-refractivity contribution is -0.141. The molecule has 116 valence electrons. The lowest BCUT2D eigenvalue weighted by Gasteiger charge is -2.28. The summed E-state index contributed by atoms with van der Waals surface area (Å²) in [5.41, 5.74) is 0. The first-order valence-electron chi connectivity index (χ1n) is 7.26. The smallest absolute Gasteiger partial charge is 0.327 e. The van der Waals surface area contributed by atoms with Crippen LogP contribution >= 0.6 is 11.8 Å². The first-order valence-corrected chi connectivity index (χ1v) is 8.31. The number of carboxylic acid groups (broad SMARTS) is 1. The Morgan fingerprint density at radius 2 is 2.14 bits per heavy atom. The quantitative estimate of drug-likeness (QED) is 0.689. The molecule has 3 unspecified atom stereocenters. The molecule has 1 aliphatic carbocycles. The van der Waals surface area contributed by atoms with Crippen LogP contribution in [0.5, 0.6) is 0 Å². The van der Waals surface area contributed by atoms with Crippen molar-refractivity contribution in [3.05, 3.63) is 0 Å². The second kappa shape index (κ2) is 5.75. The van der Waals surface area contributed by atoms with Crippen LogP contribution in [0.2, 0.25) is 0 Å². The van der Waals surface area contributed by atoms with Crippen LogP contribution < -0.4 is 10.6 Å². The maximum absolute atomic E-state index is 12.4. The molecule has 7 nitrogen and oxygen atoms in total. The standard InChI is InChI=1S/C13H19N3O4S/c17-10-4-3-8(15-10)5-14-13(20)16-9(12(18)19)6-21-11(16)7-1-2-7/h7-9,11H,1-6H2,(H,14,20)(H,15,17)(H,18,19). The fourth-order valence-electron chi connectivity index (χ4n) is 2.85. The molecule has 3 aliphatic rings. The molecule has 8 heteroatoms. The molecule has 2 saturated heterocycles. The third-order valence-electron chi connectivity index (χ3n) is 4.16. The number of aliphatic carboxylic acids is 1. The van der Waals surface area contributed by atoms with Crippen LogP contribution in [0.4, 0.5) is 4.79 Å². The van der Waals surface area contributed by atoms with E-state index in [2.05, 4.69) is 10.6 Å². The van der Waals surface area contributed by atoms with Gasteiger partial charge in [0.15, 0.2) is 0 Å². The number of nitrogens with zero attached hydrogens (tertiary/aromatic N) is 1. The van der Waals surface area contributed by atoms with Gasteiger partial charge >= 0.3 is 12.0 Å². The summed E-state index contributed by atoms with van der Waals surface area (Å²) in [7, 11) is 0. The van der Waals surface area contributed by atoms with Crippen molar-refractivity contribution in [2.45, 2.75) is 43.1 Å². The summed E-state index contributed by atoms with van der Waals surface area (Å²) in [5, 5.41) is 14.8. The number of hydrogen-bond donors (Lipinski definition) is 3. The van der Waals surface area contributed by atoms with E-state index in [9.17, 15) is 19.5 Å². The molecule has 2 heterocycles. The third kappa shape index (κ3) is 3.09. The van der Waals surface area contributed by atoms with Gasteiger partial charge in [0.25, 0.3) is 0 Å². The monoisotopic (exact) mass is 313 g/mol. The molecular formula is C13H19N3O4S. The second-order valence-corrected chi connectivity index (χ2v) is 6.96. The van der Waals surface area contributed by atoms with Crippen molar-refractivity contribution in [2.75, 3.05) is 12.3 Å². The minimum absolute atomic E-state index is 0.00486.